The first-order chi connectivity index (χ1) is 27.9. The van der Waals surface area contributed by atoms with Crippen LogP contribution < -0.4 is 38.1 Å². The number of hydrogen-bond donors (Lipinski definition) is 8. The number of amides is 6. The van der Waals surface area contributed by atoms with E-state index in [1.807, 2.05) is 54.6 Å². The summed E-state index contributed by atoms with van der Waals surface area (Å²) in [6.45, 7) is 1.43. The van der Waals surface area contributed by atoms with Crippen molar-refractivity contribution in [3.8, 4) is 0 Å². The number of para-hydroxylation sites is 1. The van der Waals surface area contributed by atoms with Crippen LogP contribution in [0.25, 0.3) is 10.9 Å². The summed E-state index contributed by atoms with van der Waals surface area (Å²) in [5.41, 5.74) is 13.4. The lowest BCUT2D eigenvalue weighted by molar-refractivity contribution is -0.142. The number of Topliss-reactive ketones (excluding diaryl/α,β-unsaturated/α-hetero) is 1. The van der Waals surface area contributed by atoms with Gasteiger partial charge in [0.05, 0.1) is 12.6 Å². The first-order valence-corrected chi connectivity index (χ1v) is 19.8. The normalized spacial score (nSPS) is 21.7. The Morgan fingerprint density at radius 1 is 0.948 bits per heavy atom. The average Bonchev–Trinajstić information content (AvgIpc) is 3.86. The van der Waals surface area contributed by atoms with E-state index in [0.717, 1.165) is 22.0 Å². The summed E-state index contributed by atoms with van der Waals surface area (Å²) >= 11 is 0. The molecule has 0 aliphatic carbocycles. The van der Waals surface area contributed by atoms with Gasteiger partial charge in [0.25, 0.3) is 0 Å². The van der Waals surface area contributed by atoms with Crippen LogP contribution in [-0.2, 0) is 46.4 Å². The minimum absolute atomic E-state index is 0.0943. The predicted octanol–water partition coefficient (Wildman–Crippen LogP) is 0.0736. The van der Waals surface area contributed by atoms with Crippen LogP contribution in [0, 0.1) is 5.92 Å². The van der Waals surface area contributed by atoms with Crippen LogP contribution in [0.2, 0.25) is 0 Å². The van der Waals surface area contributed by atoms with Gasteiger partial charge in [0.1, 0.15) is 18.1 Å². The van der Waals surface area contributed by atoms with Gasteiger partial charge in [-0.15, -0.1) is 0 Å². The number of carbonyl (C=O) groups excluding carboxylic acids is 7. The largest absolute Gasteiger partial charge is 0.370 e. The number of nitrogens with zero attached hydrogens (tertiary/aromatic N) is 2. The number of aromatic amines is 1. The van der Waals surface area contributed by atoms with Gasteiger partial charge in [-0.3, -0.25) is 38.6 Å². The number of carbonyl (C=O) groups is 7. The van der Waals surface area contributed by atoms with Crippen molar-refractivity contribution in [3.05, 3.63) is 71.9 Å². The lowest BCUT2D eigenvalue weighted by Gasteiger charge is -2.30. The van der Waals surface area contributed by atoms with E-state index in [4.69, 9.17) is 11.5 Å². The predicted molar refractivity (Wildman–Crippen MR) is 217 cm³/mol. The fourth-order valence-electron chi connectivity index (χ4n) is 7.55. The third kappa shape index (κ3) is 12.1. The minimum atomic E-state index is -1.10. The lowest BCUT2D eigenvalue weighted by atomic mass is 9.91. The molecule has 58 heavy (non-hydrogen) atoms. The number of fused-ring (bicyclic) bond motifs is 2. The van der Waals surface area contributed by atoms with Crippen LogP contribution in [0.15, 0.2) is 65.8 Å². The van der Waals surface area contributed by atoms with Crippen molar-refractivity contribution in [2.24, 2.45) is 22.4 Å². The van der Waals surface area contributed by atoms with Gasteiger partial charge < -0.3 is 47.9 Å². The van der Waals surface area contributed by atoms with E-state index in [9.17, 15) is 33.6 Å². The maximum absolute atomic E-state index is 14.2. The second-order valence-electron chi connectivity index (χ2n) is 14.8. The van der Waals surface area contributed by atoms with Crippen molar-refractivity contribution < 1.29 is 33.6 Å². The molecule has 3 heterocycles. The molecule has 0 saturated carbocycles. The van der Waals surface area contributed by atoms with Crippen LogP contribution in [0.4, 0.5) is 0 Å². The van der Waals surface area contributed by atoms with E-state index in [-0.39, 0.29) is 69.9 Å². The van der Waals surface area contributed by atoms with Gasteiger partial charge in [-0.1, -0.05) is 48.5 Å². The van der Waals surface area contributed by atoms with E-state index >= 15 is 0 Å². The molecular formula is C41H54N10O7. The van der Waals surface area contributed by atoms with E-state index in [2.05, 4.69) is 36.6 Å². The second-order valence-corrected chi connectivity index (χ2v) is 14.8. The fourth-order valence-corrected chi connectivity index (χ4v) is 7.55. The first-order valence-electron chi connectivity index (χ1n) is 19.8. The Hall–Kier alpha value is -6.26. The average molecular weight is 799 g/mol. The molecule has 0 spiro atoms. The summed E-state index contributed by atoms with van der Waals surface area (Å²) in [6.07, 6.45) is 3.75. The maximum atomic E-state index is 14.2. The number of benzene rings is 2. The van der Waals surface area contributed by atoms with Crippen molar-refractivity contribution in [2.45, 2.75) is 88.9 Å². The lowest BCUT2D eigenvalue weighted by Crippen LogP contribution is -2.57. The van der Waals surface area contributed by atoms with E-state index < -0.39 is 72.1 Å². The molecule has 1 aromatic heterocycles. The maximum Gasteiger partial charge on any atom is 0.245 e. The number of H-pyrrole nitrogens is 1. The molecule has 2 fully saturated rings. The van der Waals surface area contributed by atoms with Crippen molar-refractivity contribution >= 4 is 58.1 Å². The molecule has 10 N–H and O–H groups in total. The summed E-state index contributed by atoms with van der Waals surface area (Å²) in [4.78, 5) is 104. The topological polar surface area (TPSA) is 263 Å². The highest BCUT2D eigenvalue weighted by Gasteiger charge is 2.39. The molecule has 0 unspecified atom stereocenters. The number of aromatic nitrogens is 1. The Morgan fingerprint density at radius 3 is 2.47 bits per heavy atom. The molecule has 0 bridgehead atoms. The number of aliphatic imine (C=N–C) groups is 1. The Morgan fingerprint density at radius 2 is 1.71 bits per heavy atom. The highest BCUT2D eigenvalue weighted by atomic mass is 16.2. The Kier molecular flexibility index (Phi) is 15.4. The second kappa shape index (κ2) is 20.8. The minimum Gasteiger partial charge on any atom is -0.370 e. The summed E-state index contributed by atoms with van der Waals surface area (Å²) in [6, 6.07) is 12.7. The monoisotopic (exact) mass is 798 g/mol. The van der Waals surface area contributed by atoms with Gasteiger partial charge in [0.2, 0.25) is 35.4 Å². The quantitative estimate of drug-likeness (QED) is 0.0741. The number of hydrogen-bond acceptors (Lipinski definition) is 8. The van der Waals surface area contributed by atoms with Crippen LogP contribution in [0.3, 0.4) is 0 Å². The highest BCUT2D eigenvalue weighted by Crippen LogP contribution is 2.23. The molecule has 2 aliphatic rings. The van der Waals surface area contributed by atoms with E-state index in [1.165, 1.54) is 11.8 Å². The fraction of sp³-hybridized carbons (Fsp3) is 0.463. The number of rotatable bonds is 11. The zero-order valence-electron chi connectivity index (χ0n) is 32.8. The molecule has 5 rings (SSSR count). The van der Waals surface area contributed by atoms with Gasteiger partial charge in [0.15, 0.2) is 11.7 Å². The van der Waals surface area contributed by atoms with Crippen LogP contribution in [0.1, 0.15) is 63.0 Å². The van der Waals surface area contributed by atoms with Gasteiger partial charge in [-0.25, -0.2) is 0 Å². The standard InChI is InChI=1S/C41H54N10O7/c1-25(52)48-33(20-26-10-3-2-4-11-26)38(56)50-31-15-8-17-44-37(55)27(12-7-18-45-41(42)43)22-35(53)32(21-28-23-46-30-14-6-5-13-29(28)30)49-36(54)24-47-39(57)34-16-9-19-51(34)40(31)58/h2-6,10-11,13-14,23,27,31-34,46H,7-9,12,15-22,24H2,1H3,(H,44,55)(H,47,57)(H,48,52)(H,49,54)(H,50,56)(H4,42,43,45)/t27-,31+,32+,33+,34+/m1/s1. The molecule has 17 heteroatoms. The third-order valence-electron chi connectivity index (χ3n) is 10.5. The molecule has 5 atom stereocenters. The van der Waals surface area contributed by atoms with Gasteiger partial charge >= 0.3 is 0 Å². The molecule has 0 radical (unpaired) electrons. The van der Waals surface area contributed by atoms with Crippen LogP contribution in [0.5, 0.6) is 0 Å². The van der Waals surface area contributed by atoms with Gasteiger partial charge in [0, 0.05) is 68.8 Å². The van der Waals surface area contributed by atoms with Gasteiger partial charge in [-0.05, 0) is 55.7 Å². The number of nitrogens with two attached hydrogens (primary N) is 2. The summed E-state index contributed by atoms with van der Waals surface area (Å²) < 4.78 is 0. The third-order valence-corrected chi connectivity index (χ3v) is 10.5. The zero-order valence-corrected chi connectivity index (χ0v) is 32.8. The van der Waals surface area contributed by atoms with Crippen LogP contribution in [-0.4, -0.2) is 107 Å². The Labute approximate surface area is 336 Å². The molecule has 17 nitrogen and oxygen atoms in total. The van der Waals surface area contributed by atoms with Crippen LogP contribution >= 0.6 is 0 Å². The number of ketones is 1. The Bertz CT molecular complexity index is 1980. The molecule has 3 aromatic rings. The van der Waals surface area contributed by atoms with Crippen molar-refractivity contribution in [1.29, 1.82) is 0 Å². The molecule has 310 valence electrons. The SMILES string of the molecule is CC(=O)N[C@@H](Cc1ccccc1)C(=O)N[C@H]1CCCNC(=O)[C@H](CCCN=C(N)N)CC(=O)[C@H](Cc2c[nH]c3ccccc23)NC(=O)CNC(=O)[C@@H]2CCCN2C1=O. The van der Waals surface area contributed by atoms with Crippen molar-refractivity contribution in [1.82, 2.24) is 36.5 Å². The first kappa shape index (κ1) is 42.9. The van der Waals surface area contributed by atoms with E-state index in [0.29, 0.717) is 19.3 Å². The molecule has 2 saturated heterocycles. The van der Waals surface area contributed by atoms with Gasteiger partial charge in [-0.2, -0.15) is 0 Å². The molecule has 6 amide bonds. The van der Waals surface area contributed by atoms with E-state index in [1.54, 1.807) is 6.20 Å². The van der Waals surface area contributed by atoms with Crippen molar-refractivity contribution in [2.75, 3.05) is 26.2 Å². The summed E-state index contributed by atoms with van der Waals surface area (Å²) in [7, 11) is 0. The van der Waals surface area contributed by atoms with Crippen molar-refractivity contribution in [3.63, 3.8) is 0 Å². The number of nitrogens with one attached hydrogen (secondary N) is 6. The summed E-state index contributed by atoms with van der Waals surface area (Å²) in [5, 5.41) is 14.7. The highest BCUT2D eigenvalue weighted by molar-refractivity contribution is 5.97. The molecule has 2 aliphatic heterocycles. The molecule has 2 aromatic carbocycles. The Balaban J connectivity index is 1.38. The smallest absolute Gasteiger partial charge is 0.245 e. The summed E-state index contributed by atoms with van der Waals surface area (Å²) in [5.74, 6) is -4.33. The molecular weight excluding hydrogens is 745 g/mol. The zero-order chi connectivity index (χ0) is 41.6. The number of guanidine groups is 1.